The Morgan fingerprint density at radius 2 is 2.26 bits per heavy atom. The molecular weight excluding hydrogens is 306 g/mol. The Morgan fingerprint density at radius 1 is 1.42 bits per heavy atom. The quantitative estimate of drug-likeness (QED) is 0.743. The molecule has 0 spiro atoms. The van der Waals surface area contributed by atoms with Crippen molar-refractivity contribution in [3.63, 3.8) is 0 Å². The third kappa shape index (κ3) is 2.54. The molecule has 0 saturated carbocycles. The van der Waals surface area contributed by atoms with Gasteiger partial charge in [0, 0.05) is 31.4 Å². The second kappa shape index (κ2) is 5.21. The minimum absolute atomic E-state index is 0.110. The molecular formula is C14H18BrN3O. The molecule has 3 heterocycles. The number of carbonyl (C=O) groups is 1. The fourth-order valence-corrected chi connectivity index (χ4v) is 3.37. The molecule has 3 rings (SSSR count). The number of aromatic nitrogens is 1. The SMILES string of the molecule is CC1CN2CCCC2CN1C(=O)c1ccc(Br)nc1. The Hall–Kier alpha value is -0.940. The Bertz CT molecular complexity index is 476. The Kier molecular flexibility index (Phi) is 3.58. The average molecular weight is 324 g/mol. The molecule has 2 unspecified atom stereocenters. The first kappa shape index (κ1) is 13.1. The average Bonchev–Trinajstić information content (AvgIpc) is 2.85. The highest BCUT2D eigenvalue weighted by molar-refractivity contribution is 9.10. The molecule has 0 aromatic carbocycles. The van der Waals surface area contributed by atoms with Gasteiger partial charge >= 0.3 is 0 Å². The van der Waals surface area contributed by atoms with Gasteiger partial charge in [-0.1, -0.05) is 0 Å². The van der Waals surface area contributed by atoms with E-state index in [9.17, 15) is 4.79 Å². The zero-order valence-electron chi connectivity index (χ0n) is 11.1. The summed E-state index contributed by atoms with van der Waals surface area (Å²) in [4.78, 5) is 21.2. The summed E-state index contributed by atoms with van der Waals surface area (Å²) in [6, 6.07) is 4.51. The number of fused-ring (bicyclic) bond motifs is 1. The van der Waals surface area contributed by atoms with Gasteiger partial charge in [0.25, 0.3) is 5.91 Å². The molecule has 0 N–H and O–H groups in total. The Morgan fingerprint density at radius 3 is 3.00 bits per heavy atom. The molecule has 2 aliphatic rings. The van der Waals surface area contributed by atoms with Gasteiger partial charge in [-0.15, -0.1) is 0 Å². The number of rotatable bonds is 1. The van der Waals surface area contributed by atoms with Crippen LogP contribution in [0.4, 0.5) is 0 Å². The van der Waals surface area contributed by atoms with Gasteiger partial charge < -0.3 is 4.90 Å². The molecule has 0 bridgehead atoms. The first-order valence-electron chi connectivity index (χ1n) is 6.82. The summed E-state index contributed by atoms with van der Waals surface area (Å²) >= 11 is 3.30. The van der Waals surface area contributed by atoms with Crippen LogP contribution in [0.5, 0.6) is 0 Å². The van der Waals surface area contributed by atoms with E-state index in [1.165, 1.54) is 19.4 Å². The van der Waals surface area contributed by atoms with E-state index in [0.717, 1.165) is 17.7 Å². The minimum atomic E-state index is 0.110. The van der Waals surface area contributed by atoms with E-state index in [1.807, 2.05) is 17.0 Å². The molecule has 19 heavy (non-hydrogen) atoms. The van der Waals surface area contributed by atoms with Gasteiger partial charge in [0.15, 0.2) is 0 Å². The highest BCUT2D eigenvalue weighted by Crippen LogP contribution is 2.25. The summed E-state index contributed by atoms with van der Waals surface area (Å²) in [5, 5.41) is 0. The van der Waals surface area contributed by atoms with E-state index in [1.54, 1.807) is 6.20 Å². The monoisotopic (exact) mass is 323 g/mol. The molecule has 2 aliphatic heterocycles. The van der Waals surface area contributed by atoms with E-state index >= 15 is 0 Å². The summed E-state index contributed by atoms with van der Waals surface area (Å²) in [7, 11) is 0. The number of hydrogen-bond donors (Lipinski definition) is 0. The van der Waals surface area contributed by atoms with Crippen molar-refractivity contribution >= 4 is 21.8 Å². The number of halogens is 1. The molecule has 0 radical (unpaired) electrons. The molecule has 0 aliphatic carbocycles. The summed E-state index contributed by atoms with van der Waals surface area (Å²) in [6.07, 6.45) is 4.13. The lowest BCUT2D eigenvalue weighted by Crippen LogP contribution is -2.56. The van der Waals surface area contributed by atoms with Gasteiger partial charge in [-0.2, -0.15) is 0 Å². The van der Waals surface area contributed by atoms with Crippen LogP contribution in [0, 0.1) is 0 Å². The summed E-state index contributed by atoms with van der Waals surface area (Å²) in [5.41, 5.74) is 0.682. The molecule has 4 nitrogen and oxygen atoms in total. The topological polar surface area (TPSA) is 36.4 Å². The third-order valence-corrected chi connectivity index (χ3v) is 4.64. The summed E-state index contributed by atoms with van der Waals surface area (Å²) in [5.74, 6) is 0.110. The van der Waals surface area contributed by atoms with Gasteiger partial charge in [0.05, 0.1) is 5.56 Å². The molecule has 2 atom stereocenters. The summed E-state index contributed by atoms with van der Waals surface area (Å²) in [6.45, 7) is 5.19. The van der Waals surface area contributed by atoms with Crippen LogP contribution >= 0.6 is 15.9 Å². The number of nitrogens with zero attached hydrogens (tertiary/aromatic N) is 3. The van der Waals surface area contributed by atoms with Crippen LogP contribution in [0.1, 0.15) is 30.1 Å². The molecule has 1 amide bonds. The van der Waals surface area contributed by atoms with Crippen molar-refractivity contribution in [1.29, 1.82) is 0 Å². The van der Waals surface area contributed by atoms with Crippen LogP contribution in [0.25, 0.3) is 0 Å². The third-order valence-electron chi connectivity index (χ3n) is 4.17. The van der Waals surface area contributed by atoms with E-state index in [2.05, 4.69) is 32.7 Å². The maximum Gasteiger partial charge on any atom is 0.255 e. The second-order valence-corrected chi connectivity index (χ2v) is 6.28. The zero-order chi connectivity index (χ0) is 13.4. The van der Waals surface area contributed by atoms with Crippen molar-refractivity contribution in [1.82, 2.24) is 14.8 Å². The van der Waals surface area contributed by atoms with Crippen molar-refractivity contribution in [2.45, 2.75) is 31.8 Å². The lowest BCUT2D eigenvalue weighted by molar-refractivity contribution is 0.0395. The smallest absolute Gasteiger partial charge is 0.255 e. The van der Waals surface area contributed by atoms with E-state index in [0.29, 0.717) is 11.6 Å². The van der Waals surface area contributed by atoms with Crippen molar-refractivity contribution in [2.24, 2.45) is 0 Å². The maximum atomic E-state index is 12.6. The van der Waals surface area contributed by atoms with Crippen LogP contribution in [-0.4, -0.2) is 52.4 Å². The first-order chi connectivity index (χ1) is 9.15. The summed E-state index contributed by atoms with van der Waals surface area (Å²) < 4.78 is 0.762. The van der Waals surface area contributed by atoms with Gasteiger partial charge in [0.2, 0.25) is 0 Å². The van der Waals surface area contributed by atoms with E-state index in [-0.39, 0.29) is 11.9 Å². The molecule has 1 aromatic heterocycles. The Labute approximate surface area is 121 Å². The maximum absolute atomic E-state index is 12.6. The lowest BCUT2D eigenvalue weighted by atomic mass is 10.1. The van der Waals surface area contributed by atoms with Crippen molar-refractivity contribution in [2.75, 3.05) is 19.6 Å². The number of carbonyl (C=O) groups excluding carboxylic acids is 1. The zero-order valence-corrected chi connectivity index (χ0v) is 12.6. The Balaban J connectivity index is 1.77. The highest BCUT2D eigenvalue weighted by atomic mass is 79.9. The molecule has 2 fully saturated rings. The molecule has 5 heteroatoms. The fraction of sp³-hybridized carbons (Fsp3) is 0.571. The predicted molar refractivity (Wildman–Crippen MR) is 77.0 cm³/mol. The van der Waals surface area contributed by atoms with E-state index in [4.69, 9.17) is 0 Å². The van der Waals surface area contributed by atoms with Gasteiger partial charge in [-0.3, -0.25) is 9.69 Å². The minimum Gasteiger partial charge on any atom is -0.333 e. The van der Waals surface area contributed by atoms with Crippen molar-refractivity contribution < 1.29 is 4.79 Å². The van der Waals surface area contributed by atoms with Gasteiger partial charge in [-0.25, -0.2) is 4.98 Å². The number of piperazine rings is 1. The molecule has 102 valence electrons. The number of hydrogen-bond acceptors (Lipinski definition) is 3. The molecule has 2 saturated heterocycles. The van der Waals surface area contributed by atoms with Crippen LogP contribution in [0.2, 0.25) is 0 Å². The first-order valence-corrected chi connectivity index (χ1v) is 7.61. The predicted octanol–water partition coefficient (Wildman–Crippen LogP) is 2.15. The number of amides is 1. The highest BCUT2D eigenvalue weighted by Gasteiger charge is 2.36. The van der Waals surface area contributed by atoms with E-state index < -0.39 is 0 Å². The van der Waals surface area contributed by atoms with Gasteiger partial charge in [0.1, 0.15) is 4.60 Å². The van der Waals surface area contributed by atoms with Crippen molar-refractivity contribution in [3.05, 3.63) is 28.5 Å². The van der Waals surface area contributed by atoms with Crippen LogP contribution in [-0.2, 0) is 0 Å². The lowest BCUT2D eigenvalue weighted by Gasteiger charge is -2.42. The van der Waals surface area contributed by atoms with Crippen LogP contribution < -0.4 is 0 Å². The largest absolute Gasteiger partial charge is 0.333 e. The van der Waals surface area contributed by atoms with Crippen LogP contribution in [0.15, 0.2) is 22.9 Å². The van der Waals surface area contributed by atoms with Crippen LogP contribution in [0.3, 0.4) is 0 Å². The van der Waals surface area contributed by atoms with Gasteiger partial charge in [-0.05, 0) is 54.4 Å². The number of pyridine rings is 1. The second-order valence-electron chi connectivity index (χ2n) is 5.47. The molecule has 1 aromatic rings. The normalized spacial score (nSPS) is 27.4. The standard InChI is InChI=1S/C14H18BrN3O/c1-10-8-17-6-2-3-12(17)9-18(10)14(19)11-4-5-13(15)16-7-11/h4-5,7,10,12H,2-3,6,8-9H2,1H3. The van der Waals surface area contributed by atoms with Crippen molar-refractivity contribution in [3.8, 4) is 0 Å². The fourth-order valence-electron chi connectivity index (χ4n) is 3.14.